The highest BCUT2D eigenvalue weighted by atomic mass is 16.5. The first-order valence-electron chi connectivity index (χ1n) is 7.42. The summed E-state index contributed by atoms with van der Waals surface area (Å²) < 4.78 is 10.4. The van der Waals surface area contributed by atoms with Crippen LogP contribution in [0.4, 0.5) is 0 Å². The highest BCUT2D eigenvalue weighted by Crippen LogP contribution is 2.24. The molecule has 0 spiro atoms. The monoisotopic (exact) mass is 310 g/mol. The van der Waals surface area contributed by atoms with Crippen molar-refractivity contribution in [2.45, 2.75) is 20.0 Å². The molecule has 3 rings (SSSR count). The van der Waals surface area contributed by atoms with Crippen LogP contribution in [0.1, 0.15) is 24.2 Å². The molecule has 23 heavy (non-hydrogen) atoms. The van der Waals surface area contributed by atoms with Gasteiger partial charge in [0, 0.05) is 5.56 Å². The number of H-pyrrole nitrogens is 1. The summed E-state index contributed by atoms with van der Waals surface area (Å²) in [6, 6.07) is 13.0. The molecule has 0 atom stereocenters. The van der Waals surface area contributed by atoms with Crippen molar-refractivity contribution in [3.63, 3.8) is 0 Å². The van der Waals surface area contributed by atoms with E-state index in [9.17, 15) is 4.79 Å². The largest absolute Gasteiger partial charge is 0.491 e. The van der Waals surface area contributed by atoms with Crippen LogP contribution < -0.4 is 4.74 Å². The number of nitrogens with zero attached hydrogens (tertiary/aromatic N) is 1. The van der Waals surface area contributed by atoms with Gasteiger partial charge in [-0.2, -0.15) is 0 Å². The molecular weight excluding hydrogens is 292 g/mol. The number of benzene rings is 2. The fraction of sp³-hybridized carbons (Fsp3) is 0.222. The van der Waals surface area contributed by atoms with E-state index in [1.54, 1.807) is 18.2 Å². The van der Waals surface area contributed by atoms with Gasteiger partial charge in [-0.15, -0.1) is 0 Å². The Bertz CT molecular complexity index is 835. The summed E-state index contributed by atoms with van der Waals surface area (Å²) in [4.78, 5) is 19.4. The lowest BCUT2D eigenvalue weighted by Gasteiger charge is -2.09. The number of hydrogen-bond donors (Lipinski definition) is 1. The third-order valence-electron chi connectivity index (χ3n) is 3.40. The number of methoxy groups -OCH3 is 1. The van der Waals surface area contributed by atoms with Gasteiger partial charge in [-0.05, 0) is 56.3 Å². The van der Waals surface area contributed by atoms with Gasteiger partial charge in [0.05, 0.1) is 29.8 Å². The van der Waals surface area contributed by atoms with E-state index in [1.165, 1.54) is 7.11 Å². The van der Waals surface area contributed by atoms with Crippen molar-refractivity contribution in [3.05, 3.63) is 48.0 Å². The summed E-state index contributed by atoms with van der Waals surface area (Å²) >= 11 is 0. The smallest absolute Gasteiger partial charge is 0.337 e. The van der Waals surface area contributed by atoms with Gasteiger partial charge in [-0.3, -0.25) is 0 Å². The van der Waals surface area contributed by atoms with Gasteiger partial charge in [0.1, 0.15) is 11.6 Å². The van der Waals surface area contributed by atoms with Crippen LogP contribution in [0.5, 0.6) is 5.75 Å². The summed E-state index contributed by atoms with van der Waals surface area (Å²) in [5, 5.41) is 0. The van der Waals surface area contributed by atoms with Crippen molar-refractivity contribution < 1.29 is 14.3 Å². The average molecular weight is 310 g/mol. The van der Waals surface area contributed by atoms with Gasteiger partial charge >= 0.3 is 5.97 Å². The fourth-order valence-corrected chi connectivity index (χ4v) is 2.35. The van der Waals surface area contributed by atoms with Crippen molar-refractivity contribution in [1.29, 1.82) is 0 Å². The predicted octanol–water partition coefficient (Wildman–Crippen LogP) is 3.80. The number of fused-ring (bicyclic) bond motifs is 1. The molecule has 0 amide bonds. The molecule has 3 aromatic rings. The Morgan fingerprint density at radius 1 is 1.13 bits per heavy atom. The molecule has 5 nitrogen and oxygen atoms in total. The molecule has 0 bridgehead atoms. The first-order chi connectivity index (χ1) is 11.1. The SMILES string of the molecule is COC(=O)c1ccc2nc(-c3ccc(OC(C)C)cc3)[nH]c2c1. The molecule has 0 unspecified atom stereocenters. The number of nitrogens with one attached hydrogen (secondary N) is 1. The Morgan fingerprint density at radius 2 is 1.87 bits per heavy atom. The van der Waals surface area contributed by atoms with Gasteiger partial charge in [0.2, 0.25) is 0 Å². The molecule has 2 aromatic carbocycles. The van der Waals surface area contributed by atoms with Crippen LogP contribution in [-0.2, 0) is 4.74 Å². The standard InChI is InChI=1S/C18H18N2O3/c1-11(2)23-14-7-4-12(5-8-14)17-19-15-9-6-13(18(21)22-3)10-16(15)20-17/h4-11H,1-3H3,(H,19,20). The summed E-state index contributed by atoms with van der Waals surface area (Å²) in [5.74, 6) is 1.21. The second kappa shape index (κ2) is 6.12. The number of esters is 1. The van der Waals surface area contributed by atoms with Crippen molar-refractivity contribution in [2.75, 3.05) is 7.11 Å². The molecule has 0 aliphatic rings. The quantitative estimate of drug-likeness (QED) is 0.744. The molecule has 1 aromatic heterocycles. The van der Waals surface area contributed by atoms with Crippen LogP contribution in [0, 0.1) is 0 Å². The molecule has 0 saturated heterocycles. The number of imidazole rings is 1. The zero-order valence-corrected chi connectivity index (χ0v) is 13.3. The summed E-state index contributed by atoms with van der Waals surface area (Å²) in [5.41, 5.74) is 3.05. The molecule has 0 radical (unpaired) electrons. The van der Waals surface area contributed by atoms with Crippen LogP contribution in [0.25, 0.3) is 22.4 Å². The molecule has 0 saturated carbocycles. The lowest BCUT2D eigenvalue weighted by Crippen LogP contribution is -2.05. The zero-order valence-electron chi connectivity index (χ0n) is 13.3. The minimum atomic E-state index is -0.363. The number of aromatic amines is 1. The van der Waals surface area contributed by atoms with E-state index in [4.69, 9.17) is 9.47 Å². The zero-order chi connectivity index (χ0) is 16.4. The Kier molecular flexibility index (Phi) is 4.02. The Balaban J connectivity index is 1.92. The van der Waals surface area contributed by atoms with Gasteiger partial charge < -0.3 is 14.5 Å². The second-order valence-electron chi connectivity index (χ2n) is 5.50. The maximum atomic E-state index is 11.6. The third-order valence-corrected chi connectivity index (χ3v) is 3.40. The molecule has 1 N–H and O–H groups in total. The minimum Gasteiger partial charge on any atom is -0.491 e. The number of rotatable bonds is 4. The Morgan fingerprint density at radius 3 is 2.52 bits per heavy atom. The summed E-state index contributed by atoms with van der Waals surface area (Å²) in [7, 11) is 1.37. The predicted molar refractivity (Wildman–Crippen MR) is 88.6 cm³/mol. The maximum Gasteiger partial charge on any atom is 0.337 e. The second-order valence-corrected chi connectivity index (χ2v) is 5.50. The van der Waals surface area contributed by atoms with E-state index < -0.39 is 0 Å². The normalized spacial score (nSPS) is 11.0. The Labute approximate surface area is 134 Å². The summed E-state index contributed by atoms with van der Waals surface area (Å²) in [6.45, 7) is 3.98. The molecule has 0 aliphatic heterocycles. The van der Waals surface area contributed by atoms with Gasteiger partial charge in [0.25, 0.3) is 0 Å². The number of hydrogen-bond acceptors (Lipinski definition) is 4. The van der Waals surface area contributed by atoms with Gasteiger partial charge in [-0.1, -0.05) is 0 Å². The molecule has 1 heterocycles. The highest BCUT2D eigenvalue weighted by molar-refractivity contribution is 5.94. The first kappa shape index (κ1) is 15.1. The number of carbonyl (C=O) groups is 1. The van der Waals surface area contributed by atoms with Crippen molar-refractivity contribution in [3.8, 4) is 17.1 Å². The van der Waals surface area contributed by atoms with Crippen LogP contribution in [0.2, 0.25) is 0 Å². The maximum absolute atomic E-state index is 11.6. The summed E-state index contributed by atoms with van der Waals surface area (Å²) in [6.07, 6.45) is 0.142. The highest BCUT2D eigenvalue weighted by Gasteiger charge is 2.10. The molecule has 118 valence electrons. The minimum absolute atomic E-state index is 0.142. The number of ether oxygens (including phenoxy) is 2. The molecule has 0 aliphatic carbocycles. The van der Waals surface area contributed by atoms with Crippen LogP contribution in [0.3, 0.4) is 0 Å². The van der Waals surface area contributed by atoms with Crippen molar-refractivity contribution in [1.82, 2.24) is 9.97 Å². The molecular formula is C18H18N2O3. The van der Waals surface area contributed by atoms with Crippen molar-refractivity contribution in [2.24, 2.45) is 0 Å². The number of carbonyl (C=O) groups excluding carboxylic acids is 1. The first-order valence-corrected chi connectivity index (χ1v) is 7.42. The lowest BCUT2D eigenvalue weighted by molar-refractivity contribution is 0.0601. The topological polar surface area (TPSA) is 64.2 Å². The average Bonchev–Trinajstić information content (AvgIpc) is 2.97. The Hall–Kier alpha value is -2.82. The van der Waals surface area contributed by atoms with E-state index in [0.29, 0.717) is 5.56 Å². The van der Waals surface area contributed by atoms with Gasteiger partial charge in [-0.25, -0.2) is 9.78 Å². The van der Waals surface area contributed by atoms with Crippen LogP contribution in [-0.4, -0.2) is 29.2 Å². The van der Waals surface area contributed by atoms with Gasteiger partial charge in [0.15, 0.2) is 0 Å². The fourth-order valence-electron chi connectivity index (χ4n) is 2.35. The van der Waals surface area contributed by atoms with E-state index in [-0.39, 0.29) is 12.1 Å². The lowest BCUT2D eigenvalue weighted by atomic mass is 10.2. The van der Waals surface area contributed by atoms with E-state index in [1.807, 2.05) is 38.1 Å². The van der Waals surface area contributed by atoms with Crippen LogP contribution in [0.15, 0.2) is 42.5 Å². The van der Waals surface area contributed by atoms with Crippen molar-refractivity contribution >= 4 is 17.0 Å². The molecule has 0 fully saturated rings. The van der Waals surface area contributed by atoms with Crippen LogP contribution >= 0.6 is 0 Å². The van der Waals surface area contributed by atoms with E-state index in [0.717, 1.165) is 28.2 Å². The third kappa shape index (κ3) is 3.18. The van der Waals surface area contributed by atoms with E-state index >= 15 is 0 Å². The van der Waals surface area contributed by atoms with E-state index in [2.05, 4.69) is 9.97 Å². The number of aromatic nitrogens is 2. The molecule has 5 heteroatoms.